The monoisotopic (exact) mass is 868 g/mol. The van der Waals surface area contributed by atoms with Crippen LogP contribution >= 0.6 is 0 Å². The van der Waals surface area contributed by atoms with E-state index in [0.717, 1.165) is 36.4 Å². The Balaban J connectivity index is 1.52. The van der Waals surface area contributed by atoms with Gasteiger partial charge in [-0.2, -0.15) is 26.3 Å². The maximum atomic E-state index is 15.4. The van der Waals surface area contributed by atoms with E-state index in [2.05, 4.69) is 0 Å². The van der Waals surface area contributed by atoms with E-state index < -0.39 is 127 Å². The predicted molar refractivity (Wildman–Crippen MR) is 180 cm³/mol. The topological polar surface area (TPSA) is 6.48 Å². The quantitative estimate of drug-likeness (QED) is 0.117. The summed E-state index contributed by atoms with van der Waals surface area (Å²) in [6.45, 7) is 2.62. The standard InChI is InChI=1S/C40H18F18N2/c1-15-11-17(59(19-5-9-23(41)25(43)13-19)37-33(49)29(45)27(39(53,54)55)30(46)34(37)50)3-7-21(15)22-8-4-18(12-16(22)2)60(20-6-10-24(42)26(44)14-20)38-35(51)31(47)28(40(56,57)58)32(48)36(38)52/h3-14H,1-2H3. The van der Waals surface area contributed by atoms with Crippen LogP contribution in [0.5, 0.6) is 0 Å². The molecule has 0 aliphatic heterocycles. The van der Waals surface area contributed by atoms with Crippen LogP contribution in [-0.4, -0.2) is 0 Å². The molecule has 0 aliphatic rings. The molecule has 314 valence electrons. The molecule has 0 atom stereocenters. The van der Waals surface area contributed by atoms with Gasteiger partial charge in [-0.25, -0.2) is 52.7 Å². The molecule has 0 spiro atoms. The average molecular weight is 869 g/mol. The summed E-state index contributed by atoms with van der Waals surface area (Å²) in [5, 5.41) is 0. The molecule has 0 aromatic heterocycles. The van der Waals surface area contributed by atoms with Gasteiger partial charge in [0.2, 0.25) is 0 Å². The van der Waals surface area contributed by atoms with Gasteiger partial charge in [-0.05, 0) is 84.6 Å². The summed E-state index contributed by atoms with van der Waals surface area (Å²) < 4.78 is 258. The molecule has 0 radical (unpaired) electrons. The summed E-state index contributed by atoms with van der Waals surface area (Å²) in [7, 11) is 0. The molecule has 0 saturated heterocycles. The summed E-state index contributed by atoms with van der Waals surface area (Å²) in [5.74, 6) is -28.1. The number of rotatable bonds is 7. The summed E-state index contributed by atoms with van der Waals surface area (Å²) in [4.78, 5) is 0.495. The molecule has 0 heterocycles. The Kier molecular flexibility index (Phi) is 11.1. The van der Waals surface area contributed by atoms with Crippen molar-refractivity contribution in [3.63, 3.8) is 0 Å². The lowest BCUT2D eigenvalue weighted by molar-refractivity contribution is -0.144. The fourth-order valence-corrected chi connectivity index (χ4v) is 6.37. The molecule has 0 bridgehead atoms. The van der Waals surface area contributed by atoms with Crippen LogP contribution in [-0.2, 0) is 12.4 Å². The smallest absolute Gasteiger partial charge is 0.305 e. The van der Waals surface area contributed by atoms with Crippen LogP contribution in [0.4, 0.5) is 113 Å². The van der Waals surface area contributed by atoms with Crippen molar-refractivity contribution in [3.8, 4) is 11.1 Å². The summed E-state index contributed by atoms with van der Waals surface area (Å²) in [6, 6.07) is 9.15. The van der Waals surface area contributed by atoms with Gasteiger partial charge in [-0.3, -0.25) is 0 Å². The highest BCUT2D eigenvalue weighted by atomic mass is 19.4. The van der Waals surface area contributed by atoms with E-state index in [1.807, 2.05) is 0 Å². The highest BCUT2D eigenvalue weighted by Gasteiger charge is 2.45. The van der Waals surface area contributed by atoms with Crippen molar-refractivity contribution in [3.05, 3.63) is 165 Å². The number of nitrogens with zero attached hydrogens (tertiary/aromatic N) is 2. The Labute approximate surface area is 325 Å². The normalized spacial score (nSPS) is 12.0. The van der Waals surface area contributed by atoms with E-state index in [1.54, 1.807) is 0 Å². The Morgan fingerprint density at radius 1 is 0.333 bits per heavy atom. The van der Waals surface area contributed by atoms with E-state index in [0.29, 0.717) is 36.4 Å². The Hall–Kier alpha value is -6.34. The molecule has 6 rings (SSSR count). The van der Waals surface area contributed by atoms with Gasteiger partial charge in [0, 0.05) is 34.9 Å². The summed E-state index contributed by atoms with van der Waals surface area (Å²) >= 11 is 0. The molecular weight excluding hydrogens is 850 g/mol. The van der Waals surface area contributed by atoms with Crippen molar-refractivity contribution in [1.29, 1.82) is 0 Å². The molecule has 6 aromatic carbocycles. The average Bonchev–Trinajstić information content (AvgIpc) is 3.15. The molecule has 6 aromatic rings. The van der Waals surface area contributed by atoms with Crippen molar-refractivity contribution in [2.24, 2.45) is 0 Å². The zero-order valence-corrected chi connectivity index (χ0v) is 29.6. The van der Waals surface area contributed by atoms with Gasteiger partial charge in [0.05, 0.1) is 0 Å². The molecule has 0 fully saturated rings. The van der Waals surface area contributed by atoms with Crippen molar-refractivity contribution < 1.29 is 79.0 Å². The minimum atomic E-state index is -5.93. The van der Waals surface area contributed by atoms with Gasteiger partial charge in [0.25, 0.3) is 0 Å². The van der Waals surface area contributed by atoms with Crippen LogP contribution in [0.2, 0.25) is 0 Å². The van der Waals surface area contributed by atoms with Crippen LogP contribution in [0.3, 0.4) is 0 Å². The van der Waals surface area contributed by atoms with E-state index in [1.165, 1.54) is 13.8 Å². The zero-order valence-electron chi connectivity index (χ0n) is 29.6. The fraction of sp³-hybridized carbons (Fsp3) is 0.100. The SMILES string of the molecule is Cc1cc(N(c2ccc(F)c(F)c2)c2c(F)c(F)c(C(F)(F)F)c(F)c2F)ccc1-c1ccc(N(c2ccc(F)c(F)c2)c2c(F)c(F)c(C(F)(F)F)c(F)c2F)cc1C. The molecule has 0 aliphatic carbocycles. The number of halogens is 18. The van der Waals surface area contributed by atoms with E-state index >= 15 is 17.6 Å². The third-order valence-corrected chi connectivity index (χ3v) is 9.04. The lowest BCUT2D eigenvalue weighted by Gasteiger charge is -2.29. The molecule has 20 heteroatoms. The molecule has 0 amide bonds. The van der Waals surface area contributed by atoms with Crippen molar-refractivity contribution >= 4 is 34.1 Å². The number of aryl methyl sites for hydroxylation is 2. The lowest BCUT2D eigenvalue weighted by atomic mass is 9.95. The number of hydrogen-bond acceptors (Lipinski definition) is 2. The van der Waals surface area contributed by atoms with E-state index in [4.69, 9.17) is 0 Å². The molecular formula is C40H18F18N2. The minimum Gasteiger partial charge on any atom is -0.305 e. The highest BCUT2D eigenvalue weighted by molar-refractivity contribution is 5.84. The van der Waals surface area contributed by atoms with Gasteiger partial charge in [0.1, 0.15) is 22.5 Å². The van der Waals surface area contributed by atoms with Gasteiger partial charge in [-0.1, -0.05) is 12.1 Å². The third-order valence-electron chi connectivity index (χ3n) is 9.04. The molecule has 0 unspecified atom stereocenters. The second kappa shape index (κ2) is 15.4. The third kappa shape index (κ3) is 7.42. The fourth-order valence-electron chi connectivity index (χ4n) is 6.37. The largest absolute Gasteiger partial charge is 0.422 e. The predicted octanol–water partition coefficient (Wildman–Crippen LogP) is 14.6. The Morgan fingerprint density at radius 2 is 0.600 bits per heavy atom. The molecule has 0 saturated carbocycles. The van der Waals surface area contributed by atoms with Gasteiger partial charge >= 0.3 is 12.4 Å². The van der Waals surface area contributed by atoms with Crippen LogP contribution in [0.1, 0.15) is 22.3 Å². The van der Waals surface area contributed by atoms with E-state index in [-0.39, 0.29) is 32.1 Å². The molecule has 0 N–H and O–H groups in total. The summed E-state index contributed by atoms with van der Waals surface area (Å²) in [5.41, 5.74) is -11.6. The number of hydrogen-bond donors (Lipinski definition) is 0. The lowest BCUT2D eigenvalue weighted by Crippen LogP contribution is -2.21. The van der Waals surface area contributed by atoms with Crippen molar-refractivity contribution in [2.75, 3.05) is 9.80 Å². The van der Waals surface area contributed by atoms with Crippen molar-refractivity contribution in [2.45, 2.75) is 26.2 Å². The number of alkyl halides is 6. The van der Waals surface area contributed by atoms with Gasteiger partial charge < -0.3 is 9.80 Å². The second-order valence-electron chi connectivity index (χ2n) is 12.8. The second-order valence-corrected chi connectivity index (χ2v) is 12.8. The van der Waals surface area contributed by atoms with Crippen LogP contribution < -0.4 is 9.80 Å². The Morgan fingerprint density at radius 3 is 0.850 bits per heavy atom. The first-order valence-corrected chi connectivity index (χ1v) is 16.4. The summed E-state index contributed by atoms with van der Waals surface area (Å²) in [6.07, 6.45) is -11.9. The van der Waals surface area contributed by atoms with Gasteiger partial charge in [0.15, 0.2) is 69.8 Å². The first-order valence-electron chi connectivity index (χ1n) is 16.4. The van der Waals surface area contributed by atoms with Crippen LogP contribution in [0.25, 0.3) is 11.1 Å². The number of anilines is 6. The molecule has 60 heavy (non-hydrogen) atoms. The zero-order chi connectivity index (χ0) is 44.5. The van der Waals surface area contributed by atoms with Crippen molar-refractivity contribution in [1.82, 2.24) is 0 Å². The maximum Gasteiger partial charge on any atom is 0.422 e. The number of benzene rings is 6. The van der Waals surface area contributed by atoms with Gasteiger partial charge in [-0.15, -0.1) is 0 Å². The molecule has 2 nitrogen and oxygen atoms in total. The highest BCUT2D eigenvalue weighted by Crippen LogP contribution is 2.47. The first-order chi connectivity index (χ1) is 27.9. The minimum absolute atomic E-state index is 0.0611. The Bertz CT molecular complexity index is 2460. The van der Waals surface area contributed by atoms with Crippen LogP contribution in [0.15, 0.2) is 72.8 Å². The van der Waals surface area contributed by atoms with Crippen LogP contribution in [0, 0.1) is 83.7 Å². The maximum absolute atomic E-state index is 15.4. The van der Waals surface area contributed by atoms with E-state index in [9.17, 15) is 61.5 Å². The first kappa shape index (κ1) is 43.2.